The van der Waals surface area contributed by atoms with Crippen LogP contribution in [0, 0.1) is 5.92 Å². The Kier molecular flexibility index (Phi) is 6.68. The summed E-state index contributed by atoms with van der Waals surface area (Å²) in [5.41, 5.74) is 1.17. The standard InChI is InChI=1S/C24H28N4O4/c29-19(30)14-11-17-9-12-18(13-10-17)21-25-20-22(26-21)27-24(32)28(23(20)31)15-5-4-8-16-6-2-1-3-7-16/h9-14,16H,1-8,15H2,(H,25,26)(H,27,32)(H,29,30). The maximum Gasteiger partial charge on any atom is 0.330 e. The summed E-state index contributed by atoms with van der Waals surface area (Å²) in [7, 11) is 0. The van der Waals surface area contributed by atoms with Gasteiger partial charge < -0.3 is 10.1 Å². The number of carboxylic acids is 1. The van der Waals surface area contributed by atoms with Gasteiger partial charge in [-0.2, -0.15) is 0 Å². The number of unbranched alkanes of at least 4 members (excludes halogenated alkanes) is 1. The lowest BCUT2D eigenvalue weighted by molar-refractivity contribution is -0.131. The van der Waals surface area contributed by atoms with Crippen molar-refractivity contribution in [2.75, 3.05) is 0 Å². The summed E-state index contributed by atoms with van der Waals surface area (Å²) in [5.74, 6) is 0.248. The zero-order valence-corrected chi connectivity index (χ0v) is 18.0. The molecule has 32 heavy (non-hydrogen) atoms. The number of imidazole rings is 1. The minimum absolute atomic E-state index is 0.210. The number of nitrogens with one attached hydrogen (secondary N) is 2. The Hall–Kier alpha value is -3.42. The van der Waals surface area contributed by atoms with Gasteiger partial charge in [0.05, 0.1) is 0 Å². The smallest absolute Gasteiger partial charge is 0.330 e. The molecule has 3 N–H and O–H groups in total. The second-order valence-corrected chi connectivity index (χ2v) is 8.49. The second kappa shape index (κ2) is 9.80. The molecule has 0 radical (unpaired) electrons. The van der Waals surface area contributed by atoms with E-state index < -0.39 is 11.7 Å². The molecule has 0 unspecified atom stereocenters. The first-order valence-electron chi connectivity index (χ1n) is 11.3. The maximum absolute atomic E-state index is 12.9. The summed E-state index contributed by atoms with van der Waals surface area (Å²) in [6, 6.07) is 7.08. The molecule has 4 rings (SSSR count). The van der Waals surface area contributed by atoms with Crippen LogP contribution < -0.4 is 11.2 Å². The summed E-state index contributed by atoms with van der Waals surface area (Å²) in [6.45, 7) is 0.392. The van der Waals surface area contributed by atoms with Crippen molar-refractivity contribution in [2.24, 2.45) is 5.92 Å². The van der Waals surface area contributed by atoms with E-state index in [-0.39, 0.29) is 11.1 Å². The van der Waals surface area contributed by atoms with Crippen molar-refractivity contribution < 1.29 is 9.90 Å². The van der Waals surface area contributed by atoms with E-state index in [1.807, 2.05) is 0 Å². The molecule has 0 saturated heterocycles. The Morgan fingerprint density at radius 3 is 2.56 bits per heavy atom. The van der Waals surface area contributed by atoms with E-state index in [4.69, 9.17) is 5.11 Å². The fourth-order valence-electron chi connectivity index (χ4n) is 4.45. The molecule has 2 heterocycles. The molecule has 0 amide bonds. The van der Waals surface area contributed by atoms with Gasteiger partial charge in [-0.25, -0.2) is 14.6 Å². The van der Waals surface area contributed by atoms with E-state index in [9.17, 15) is 14.4 Å². The van der Waals surface area contributed by atoms with Crippen molar-refractivity contribution in [1.82, 2.24) is 19.5 Å². The monoisotopic (exact) mass is 436 g/mol. The van der Waals surface area contributed by atoms with Crippen LogP contribution in [0.25, 0.3) is 28.6 Å². The minimum Gasteiger partial charge on any atom is -0.478 e. The molecule has 3 aromatic rings. The van der Waals surface area contributed by atoms with Gasteiger partial charge in [0.25, 0.3) is 5.56 Å². The summed E-state index contributed by atoms with van der Waals surface area (Å²) in [5, 5.41) is 8.72. The molecule has 1 saturated carbocycles. The fraction of sp³-hybridized carbons (Fsp3) is 0.417. The van der Waals surface area contributed by atoms with Gasteiger partial charge in [-0.3, -0.25) is 14.3 Å². The van der Waals surface area contributed by atoms with Crippen LogP contribution in [0.2, 0.25) is 0 Å². The van der Waals surface area contributed by atoms with Gasteiger partial charge in [-0.15, -0.1) is 0 Å². The highest BCUT2D eigenvalue weighted by Crippen LogP contribution is 2.27. The topological polar surface area (TPSA) is 121 Å². The van der Waals surface area contributed by atoms with E-state index in [1.165, 1.54) is 49.2 Å². The van der Waals surface area contributed by atoms with Crippen LogP contribution >= 0.6 is 0 Å². The Morgan fingerprint density at radius 2 is 1.84 bits per heavy atom. The van der Waals surface area contributed by atoms with Crippen LogP contribution in [0.5, 0.6) is 0 Å². The van der Waals surface area contributed by atoms with Crippen molar-refractivity contribution in [3.63, 3.8) is 0 Å². The van der Waals surface area contributed by atoms with Crippen LogP contribution in [0.3, 0.4) is 0 Å². The van der Waals surface area contributed by atoms with Gasteiger partial charge in [0.2, 0.25) is 0 Å². The number of nitrogens with zero attached hydrogens (tertiary/aromatic N) is 2. The van der Waals surface area contributed by atoms with Gasteiger partial charge >= 0.3 is 11.7 Å². The first kappa shape index (κ1) is 21.8. The van der Waals surface area contributed by atoms with E-state index in [1.54, 1.807) is 24.3 Å². The van der Waals surface area contributed by atoms with Gasteiger partial charge in [-0.05, 0) is 24.0 Å². The van der Waals surface area contributed by atoms with Gasteiger partial charge in [0, 0.05) is 18.2 Å². The predicted octanol–water partition coefficient (Wildman–Crippen LogP) is 3.93. The highest BCUT2D eigenvalue weighted by molar-refractivity contribution is 5.85. The van der Waals surface area contributed by atoms with E-state index >= 15 is 0 Å². The molecule has 1 aliphatic carbocycles. The average molecular weight is 437 g/mol. The van der Waals surface area contributed by atoms with Crippen LogP contribution in [0.1, 0.15) is 56.9 Å². The number of aromatic nitrogens is 4. The molecule has 0 spiro atoms. The molecule has 1 aliphatic rings. The van der Waals surface area contributed by atoms with Crippen molar-refractivity contribution in [3.8, 4) is 11.4 Å². The largest absolute Gasteiger partial charge is 0.478 e. The lowest BCUT2D eigenvalue weighted by Gasteiger charge is -2.21. The van der Waals surface area contributed by atoms with E-state index in [2.05, 4.69) is 15.0 Å². The van der Waals surface area contributed by atoms with Crippen LogP contribution in [-0.2, 0) is 11.3 Å². The summed E-state index contributed by atoms with van der Waals surface area (Å²) in [6.07, 6.45) is 12.1. The third kappa shape index (κ3) is 5.07. The summed E-state index contributed by atoms with van der Waals surface area (Å²) >= 11 is 0. The number of carboxylic acid groups (broad SMARTS) is 1. The highest BCUT2D eigenvalue weighted by Gasteiger charge is 2.15. The van der Waals surface area contributed by atoms with Crippen LogP contribution in [-0.4, -0.2) is 30.6 Å². The summed E-state index contributed by atoms with van der Waals surface area (Å²) < 4.78 is 1.24. The Morgan fingerprint density at radius 1 is 1.09 bits per heavy atom. The zero-order chi connectivity index (χ0) is 22.5. The van der Waals surface area contributed by atoms with Gasteiger partial charge in [0.15, 0.2) is 5.52 Å². The quantitative estimate of drug-likeness (QED) is 0.365. The number of aromatic amines is 2. The number of benzene rings is 1. The number of H-pyrrole nitrogens is 2. The van der Waals surface area contributed by atoms with E-state index in [0.717, 1.165) is 36.0 Å². The molecule has 8 nitrogen and oxygen atoms in total. The van der Waals surface area contributed by atoms with Gasteiger partial charge in [-0.1, -0.05) is 69.2 Å². The van der Waals surface area contributed by atoms with Crippen LogP contribution in [0.4, 0.5) is 0 Å². The molecule has 168 valence electrons. The first-order chi connectivity index (χ1) is 15.5. The molecular weight excluding hydrogens is 408 g/mol. The Labute approximate surface area is 185 Å². The number of hydrogen-bond donors (Lipinski definition) is 3. The number of fused-ring (bicyclic) bond motifs is 1. The van der Waals surface area contributed by atoms with Crippen molar-refractivity contribution >= 4 is 23.2 Å². The maximum atomic E-state index is 12.9. The SMILES string of the molecule is O=C(O)C=Cc1ccc(-c2nc3c(=O)n(CCCCC4CCCCC4)c(=O)[nH]c3[nH]2)cc1. The van der Waals surface area contributed by atoms with E-state index in [0.29, 0.717) is 18.0 Å². The third-order valence-electron chi connectivity index (χ3n) is 6.20. The lowest BCUT2D eigenvalue weighted by atomic mass is 9.86. The number of rotatable bonds is 8. The predicted molar refractivity (Wildman–Crippen MR) is 124 cm³/mol. The molecule has 0 atom stereocenters. The molecule has 1 fully saturated rings. The van der Waals surface area contributed by atoms with Crippen molar-refractivity contribution in [1.29, 1.82) is 0 Å². The summed E-state index contributed by atoms with van der Waals surface area (Å²) in [4.78, 5) is 46.2. The number of carbonyl (C=O) groups is 1. The zero-order valence-electron chi connectivity index (χ0n) is 18.0. The molecule has 0 bridgehead atoms. The molecule has 1 aromatic carbocycles. The average Bonchev–Trinajstić information content (AvgIpc) is 3.22. The number of hydrogen-bond acceptors (Lipinski definition) is 4. The second-order valence-electron chi connectivity index (χ2n) is 8.49. The van der Waals surface area contributed by atoms with Gasteiger partial charge in [0.1, 0.15) is 11.5 Å². The molecule has 8 heteroatoms. The Balaban J connectivity index is 1.48. The fourth-order valence-corrected chi connectivity index (χ4v) is 4.45. The lowest BCUT2D eigenvalue weighted by Crippen LogP contribution is -2.35. The van der Waals surface area contributed by atoms with Crippen LogP contribution in [0.15, 0.2) is 39.9 Å². The highest BCUT2D eigenvalue weighted by atomic mass is 16.4. The Bertz CT molecular complexity index is 1230. The molecule has 2 aromatic heterocycles. The first-order valence-corrected chi connectivity index (χ1v) is 11.3. The minimum atomic E-state index is -1.01. The van der Waals surface area contributed by atoms with Crippen molar-refractivity contribution in [3.05, 3.63) is 56.7 Å². The van der Waals surface area contributed by atoms with Crippen molar-refractivity contribution in [2.45, 2.75) is 57.9 Å². The number of aliphatic carboxylic acids is 1. The normalized spacial score (nSPS) is 15.0. The molecular formula is C24H28N4O4. The third-order valence-corrected chi connectivity index (χ3v) is 6.20. The molecule has 0 aliphatic heterocycles.